The topological polar surface area (TPSA) is 35.5 Å². The van der Waals surface area contributed by atoms with Crippen molar-refractivity contribution in [3.05, 3.63) is 0 Å². The van der Waals surface area contributed by atoms with Crippen molar-refractivity contribution in [3.8, 4) is 0 Å². The van der Waals surface area contributed by atoms with Crippen LogP contribution in [-0.2, 0) is 13.6 Å². The number of carbonyl (C=O) groups is 1. The zero-order valence-corrected chi connectivity index (χ0v) is 29.2. The first-order chi connectivity index (χ1) is 18.5. The quantitative estimate of drug-likeness (QED) is 0.0509. The third kappa shape index (κ3) is 16.3. The molecule has 0 heterocycles. The van der Waals surface area contributed by atoms with Gasteiger partial charge >= 0.3 is 0 Å². The van der Waals surface area contributed by atoms with Crippen LogP contribution in [0.4, 0.5) is 0 Å². The van der Waals surface area contributed by atoms with Crippen LogP contribution in [0.3, 0.4) is 0 Å². The lowest BCUT2D eigenvalue weighted by atomic mass is 10.0. The summed E-state index contributed by atoms with van der Waals surface area (Å²) < 4.78 is 14.0. The van der Waals surface area contributed by atoms with Crippen LogP contribution in [-0.4, -0.2) is 35.1 Å². The molecule has 0 N–H and O–H groups in total. The van der Waals surface area contributed by atoms with E-state index in [0.717, 1.165) is 49.0 Å². The van der Waals surface area contributed by atoms with Gasteiger partial charge in [0.05, 0.1) is 12.2 Å². The van der Waals surface area contributed by atoms with Crippen molar-refractivity contribution in [1.82, 2.24) is 0 Å². The molecule has 0 spiro atoms. The smallest absolute Gasteiger partial charge is 0.192 e. The maximum atomic E-state index is 11.7. The number of aldehydes is 1. The molecule has 0 saturated heterocycles. The monoisotopic (exact) mass is 570 g/mol. The highest BCUT2D eigenvalue weighted by Gasteiger charge is 2.39. The second-order valence-electron chi connectivity index (χ2n) is 11.9. The van der Waals surface area contributed by atoms with Crippen LogP contribution in [0.1, 0.15) is 158 Å². The van der Waals surface area contributed by atoms with E-state index >= 15 is 0 Å². The van der Waals surface area contributed by atoms with E-state index in [1.807, 2.05) is 0 Å². The number of unbranched alkanes of at least 4 members (excludes halogenated alkanes) is 14. The highest BCUT2D eigenvalue weighted by molar-refractivity contribution is 6.74. The van der Waals surface area contributed by atoms with Crippen molar-refractivity contribution in [2.45, 2.75) is 206 Å². The molecule has 228 valence electrons. The maximum absolute atomic E-state index is 11.7. The fraction of sp³-hybridized carbons (Fsp3) is 0.970. The van der Waals surface area contributed by atoms with E-state index in [1.54, 1.807) is 0 Å². The summed E-state index contributed by atoms with van der Waals surface area (Å²) in [6, 6.07) is 6.83. The molecule has 3 nitrogen and oxygen atoms in total. The summed E-state index contributed by atoms with van der Waals surface area (Å²) in [5, 5.41) is 0. The Balaban J connectivity index is 4.63. The SMILES string of the molecule is CCCCCCCCCCCCCCCCC[C@H](O[Si](CC)(CC)CC)[C@H](CC=O)O[Si](CC)(CC)CC. The molecule has 0 fully saturated rings. The molecule has 5 heteroatoms. The summed E-state index contributed by atoms with van der Waals surface area (Å²) in [5.41, 5.74) is 0. The van der Waals surface area contributed by atoms with Crippen molar-refractivity contribution in [2.24, 2.45) is 0 Å². The molecule has 2 atom stereocenters. The molecule has 0 radical (unpaired) electrons. The summed E-state index contributed by atoms with van der Waals surface area (Å²) in [6.45, 7) is 16.1. The van der Waals surface area contributed by atoms with Crippen LogP contribution in [0.5, 0.6) is 0 Å². The fourth-order valence-corrected chi connectivity index (χ4v) is 11.9. The zero-order chi connectivity index (χ0) is 28.5. The third-order valence-corrected chi connectivity index (χ3v) is 18.8. The van der Waals surface area contributed by atoms with Gasteiger partial charge in [0.2, 0.25) is 0 Å². The Morgan fingerprint density at radius 1 is 0.474 bits per heavy atom. The molecule has 0 aromatic rings. The van der Waals surface area contributed by atoms with Gasteiger partial charge in [-0.05, 0) is 42.7 Å². The molecule has 0 aromatic heterocycles. The highest BCUT2D eigenvalue weighted by atomic mass is 28.4. The number of rotatable bonds is 29. The van der Waals surface area contributed by atoms with Crippen molar-refractivity contribution < 1.29 is 13.6 Å². The average Bonchev–Trinajstić information content (AvgIpc) is 2.95. The summed E-state index contributed by atoms with van der Waals surface area (Å²) in [6.07, 6.45) is 23.5. The lowest BCUT2D eigenvalue weighted by molar-refractivity contribution is -0.110. The molecule has 0 unspecified atom stereocenters. The van der Waals surface area contributed by atoms with Gasteiger partial charge in [0, 0.05) is 6.42 Å². The number of carbonyl (C=O) groups excluding carboxylic acids is 1. The third-order valence-electron chi connectivity index (χ3n) is 9.50. The number of hydrogen-bond acceptors (Lipinski definition) is 3. The Labute approximate surface area is 242 Å². The van der Waals surface area contributed by atoms with Crippen molar-refractivity contribution in [2.75, 3.05) is 0 Å². The maximum Gasteiger partial charge on any atom is 0.192 e. The van der Waals surface area contributed by atoms with Crippen LogP contribution in [0, 0.1) is 0 Å². The molecule has 0 aliphatic carbocycles. The first-order valence-electron chi connectivity index (χ1n) is 17.2. The summed E-state index contributed by atoms with van der Waals surface area (Å²) in [5.74, 6) is 0. The van der Waals surface area contributed by atoms with Gasteiger partial charge in [-0.1, -0.05) is 145 Å². The van der Waals surface area contributed by atoms with E-state index in [4.69, 9.17) is 8.85 Å². The Morgan fingerprint density at radius 3 is 1.11 bits per heavy atom. The second kappa shape index (κ2) is 24.8. The van der Waals surface area contributed by atoms with Crippen LogP contribution >= 0.6 is 0 Å². The van der Waals surface area contributed by atoms with Crippen LogP contribution in [0.15, 0.2) is 0 Å². The van der Waals surface area contributed by atoms with Crippen LogP contribution < -0.4 is 0 Å². The molecule has 0 aromatic carbocycles. The molecular formula is C33H70O3Si2. The van der Waals surface area contributed by atoms with Gasteiger partial charge in [-0.3, -0.25) is 0 Å². The molecule has 0 saturated carbocycles. The van der Waals surface area contributed by atoms with Gasteiger partial charge in [0.25, 0.3) is 0 Å². The second-order valence-corrected chi connectivity index (χ2v) is 21.4. The molecule has 38 heavy (non-hydrogen) atoms. The predicted molar refractivity (Wildman–Crippen MR) is 174 cm³/mol. The molecule has 0 amide bonds. The van der Waals surface area contributed by atoms with Crippen molar-refractivity contribution in [3.63, 3.8) is 0 Å². The van der Waals surface area contributed by atoms with Gasteiger partial charge in [-0.2, -0.15) is 0 Å². The minimum absolute atomic E-state index is 0.0535. The normalized spacial score (nSPS) is 14.1. The Hall–Kier alpha value is 0.0238. The van der Waals surface area contributed by atoms with Gasteiger partial charge in [0.1, 0.15) is 6.29 Å². The molecule has 0 aliphatic rings. The van der Waals surface area contributed by atoms with E-state index in [9.17, 15) is 4.79 Å². The number of hydrogen-bond donors (Lipinski definition) is 0. The molecular weight excluding hydrogens is 501 g/mol. The first kappa shape index (κ1) is 38.0. The Kier molecular flexibility index (Phi) is 24.8. The van der Waals surface area contributed by atoms with Gasteiger partial charge in [-0.15, -0.1) is 0 Å². The van der Waals surface area contributed by atoms with Crippen molar-refractivity contribution >= 4 is 22.9 Å². The fourth-order valence-electron chi connectivity index (χ4n) is 6.05. The van der Waals surface area contributed by atoms with E-state index in [2.05, 4.69) is 48.5 Å². The Morgan fingerprint density at radius 2 is 0.789 bits per heavy atom. The molecule has 0 aliphatic heterocycles. The Bertz CT molecular complexity index is 504. The molecule has 0 rings (SSSR count). The largest absolute Gasteiger partial charge is 0.411 e. The van der Waals surface area contributed by atoms with E-state index in [0.29, 0.717) is 6.42 Å². The summed E-state index contributed by atoms with van der Waals surface area (Å²) in [4.78, 5) is 11.7. The summed E-state index contributed by atoms with van der Waals surface area (Å²) in [7, 11) is -3.57. The van der Waals surface area contributed by atoms with Crippen molar-refractivity contribution in [1.29, 1.82) is 0 Å². The summed E-state index contributed by atoms with van der Waals surface area (Å²) >= 11 is 0. The van der Waals surface area contributed by atoms with E-state index in [1.165, 1.54) is 96.3 Å². The van der Waals surface area contributed by atoms with E-state index < -0.39 is 16.6 Å². The van der Waals surface area contributed by atoms with E-state index in [-0.39, 0.29) is 12.2 Å². The molecule has 0 bridgehead atoms. The van der Waals surface area contributed by atoms with Crippen LogP contribution in [0.25, 0.3) is 0 Å². The standard InChI is InChI=1S/C33H70O3Si2/c1-8-15-16-17-18-19-20-21-22-23-24-25-26-27-28-29-32(35-37(9-2,10-3)11-4)33(30-31-34)36-38(12-5,13-6)14-7/h31-33H,8-30H2,1-7H3/t32-,33-/m0/s1. The first-order valence-corrected chi connectivity index (χ1v) is 22.3. The zero-order valence-electron chi connectivity index (χ0n) is 27.2. The average molecular weight is 571 g/mol. The van der Waals surface area contributed by atoms with Crippen LogP contribution in [0.2, 0.25) is 36.3 Å². The predicted octanol–water partition coefficient (Wildman–Crippen LogP) is 11.6. The highest BCUT2D eigenvalue weighted by Crippen LogP contribution is 2.32. The van der Waals surface area contributed by atoms with Gasteiger partial charge < -0.3 is 13.6 Å². The van der Waals surface area contributed by atoms with Gasteiger partial charge in [0.15, 0.2) is 16.6 Å². The minimum Gasteiger partial charge on any atom is -0.411 e. The lowest BCUT2D eigenvalue weighted by Gasteiger charge is -2.40. The minimum atomic E-state index is -1.80. The van der Waals surface area contributed by atoms with Gasteiger partial charge in [-0.25, -0.2) is 0 Å². The lowest BCUT2D eigenvalue weighted by Crippen LogP contribution is -2.49.